The van der Waals surface area contributed by atoms with Crippen molar-refractivity contribution in [2.75, 3.05) is 13.1 Å². The zero-order chi connectivity index (χ0) is 45.0. The predicted octanol–water partition coefficient (Wildman–Crippen LogP) is 7.22. The maximum atomic E-state index is 14.2. The van der Waals surface area contributed by atoms with Gasteiger partial charge in [-0.25, -0.2) is 9.97 Å². The molecule has 2 saturated carbocycles. The minimum atomic E-state index is -0.757. The number of benzene rings is 4. The largest absolute Gasteiger partial charge is 0.340 e. The van der Waals surface area contributed by atoms with Crippen LogP contribution in [0.1, 0.15) is 110 Å². The first kappa shape index (κ1) is 42.1. The van der Waals surface area contributed by atoms with Crippen LogP contribution in [0.25, 0.3) is 22.0 Å². The third-order valence-corrected chi connectivity index (χ3v) is 12.9. The fourth-order valence-electron chi connectivity index (χ4n) is 9.16. The van der Waals surface area contributed by atoms with Crippen LogP contribution in [-0.4, -0.2) is 66.5 Å². The van der Waals surface area contributed by atoms with Crippen molar-refractivity contribution >= 4 is 34.4 Å². The number of hydrogen-bond acceptors (Lipinski definition) is 6. The molecule has 6 aromatic rings. The Kier molecular flexibility index (Phi) is 11.9. The van der Waals surface area contributed by atoms with Gasteiger partial charge >= 0.3 is 0 Å². The van der Waals surface area contributed by atoms with Crippen LogP contribution in [0, 0.1) is 47.4 Å². The Morgan fingerprint density at radius 3 is 1.68 bits per heavy atom. The average Bonchev–Trinajstić information content (AvgIpc) is 4.12. The number of H-pyrrole nitrogens is 2. The van der Waals surface area contributed by atoms with Crippen molar-refractivity contribution in [2.45, 2.75) is 75.5 Å². The lowest BCUT2D eigenvalue weighted by atomic mass is 9.99. The van der Waals surface area contributed by atoms with Gasteiger partial charge in [-0.1, -0.05) is 96.9 Å². The van der Waals surface area contributed by atoms with Crippen LogP contribution in [0.4, 0.5) is 0 Å². The summed E-state index contributed by atoms with van der Waals surface area (Å²) >= 11 is 0. The molecule has 4 N–H and O–H groups in total. The predicted molar refractivity (Wildman–Crippen MR) is 249 cm³/mol. The van der Waals surface area contributed by atoms with Gasteiger partial charge in [0.05, 0.1) is 30.2 Å². The van der Waals surface area contributed by atoms with E-state index in [0.717, 1.165) is 90.1 Å². The van der Waals surface area contributed by atoms with E-state index in [0.29, 0.717) is 30.4 Å². The second-order valence-corrected chi connectivity index (χ2v) is 17.5. The van der Waals surface area contributed by atoms with Gasteiger partial charge in [0.25, 0.3) is 0 Å². The van der Waals surface area contributed by atoms with Crippen molar-refractivity contribution < 1.29 is 19.2 Å². The number of rotatable bonds is 11. The quantitative estimate of drug-likeness (QED) is 0.101. The fraction of sp³-hybridized carbons (Fsp3) is 0.296. The van der Waals surface area contributed by atoms with E-state index in [2.05, 4.69) is 67.2 Å². The molecule has 0 spiro atoms. The molecule has 4 aliphatic rings. The number of carbonyl (C=O) groups is 4. The van der Waals surface area contributed by atoms with Gasteiger partial charge in [0, 0.05) is 36.1 Å². The topological polar surface area (TPSA) is 156 Å². The van der Waals surface area contributed by atoms with E-state index < -0.39 is 12.1 Å². The first-order valence-corrected chi connectivity index (χ1v) is 22.8. The van der Waals surface area contributed by atoms with Crippen LogP contribution < -0.4 is 10.6 Å². The molecular weight excluding hydrogens is 825 g/mol. The minimum Gasteiger partial charge on any atom is -0.340 e. The number of likely N-dealkylation sites (tertiary alicyclic amines) is 2. The van der Waals surface area contributed by atoms with E-state index in [-0.39, 0.29) is 47.5 Å². The van der Waals surface area contributed by atoms with Crippen molar-refractivity contribution in [1.29, 1.82) is 0 Å². The van der Waals surface area contributed by atoms with Crippen LogP contribution in [0.2, 0.25) is 0 Å². The molecular formula is C54H48N8O4. The minimum absolute atomic E-state index is 0.0143. The van der Waals surface area contributed by atoms with Gasteiger partial charge in [-0.2, -0.15) is 0 Å². The van der Waals surface area contributed by atoms with Crippen LogP contribution in [0.5, 0.6) is 0 Å². The second kappa shape index (κ2) is 18.7. The Morgan fingerprint density at radius 1 is 0.561 bits per heavy atom. The number of aromatic amines is 2. The van der Waals surface area contributed by atoms with E-state index in [1.807, 2.05) is 107 Å². The summed E-state index contributed by atoms with van der Waals surface area (Å²) in [5.41, 5.74) is 4.73. The molecule has 4 heterocycles. The van der Waals surface area contributed by atoms with Gasteiger partial charge in [-0.3, -0.25) is 19.2 Å². The number of nitrogens with zero attached hydrogens (tertiary/aromatic N) is 4. The Balaban J connectivity index is 0.811. The first-order chi connectivity index (χ1) is 32.4. The van der Waals surface area contributed by atoms with Crippen LogP contribution >= 0.6 is 0 Å². The van der Waals surface area contributed by atoms with Crippen molar-refractivity contribution in [2.24, 2.45) is 11.8 Å². The maximum Gasteiger partial charge on any atom is 0.250 e. The highest BCUT2D eigenvalue weighted by atomic mass is 16.2. The van der Waals surface area contributed by atoms with Crippen molar-refractivity contribution in [3.63, 3.8) is 0 Å². The SMILES string of the molecule is O=C(N[C@@H](C(=O)N1CCC[C@@H]1c1ncc(C#CC#CC#Cc2cccc3c(-c4cnc([C@H]5CCCN5C(=O)[C@H](NC(=O)C5CC5)c5ccccc5)[nH]4)cccc23)[nH]1)c1ccccc1)C1CC1. The molecule has 4 fully saturated rings. The molecule has 12 nitrogen and oxygen atoms in total. The third-order valence-electron chi connectivity index (χ3n) is 12.9. The molecule has 2 aliphatic carbocycles. The van der Waals surface area contributed by atoms with Crippen LogP contribution in [0.15, 0.2) is 109 Å². The lowest BCUT2D eigenvalue weighted by molar-refractivity contribution is -0.138. The number of fused-ring (bicyclic) bond motifs is 1. The molecule has 4 aromatic carbocycles. The molecule has 2 saturated heterocycles. The lowest BCUT2D eigenvalue weighted by Crippen LogP contribution is -2.43. The highest BCUT2D eigenvalue weighted by Crippen LogP contribution is 2.38. The summed E-state index contributed by atoms with van der Waals surface area (Å²) in [5, 5.41) is 8.03. The molecule has 10 rings (SSSR count). The number of amides is 4. The number of hydrogen-bond donors (Lipinski definition) is 4. The molecule has 66 heavy (non-hydrogen) atoms. The van der Waals surface area contributed by atoms with E-state index in [1.165, 1.54) is 0 Å². The Labute approximate surface area is 383 Å². The molecule has 4 atom stereocenters. The van der Waals surface area contributed by atoms with Gasteiger partial charge < -0.3 is 30.4 Å². The van der Waals surface area contributed by atoms with Gasteiger partial charge in [-0.15, -0.1) is 0 Å². The summed E-state index contributed by atoms with van der Waals surface area (Å²) in [6.45, 7) is 1.16. The van der Waals surface area contributed by atoms with Crippen molar-refractivity contribution in [1.82, 2.24) is 40.4 Å². The fourth-order valence-corrected chi connectivity index (χ4v) is 9.16. The molecule has 12 heteroatoms. The summed E-state index contributed by atoms with van der Waals surface area (Å²) in [7, 11) is 0. The smallest absolute Gasteiger partial charge is 0.250 e. The number of nitrogens with one attached hydrogen (secondary N) is 4. The summed E-state index contributed by atoms with van der Waals surface area (Å²) < 4.78 is 0. The maximum absolute atomic E-state index is 14.2. The zero-order valence-corrected chi connectivity index (χ0v) is 36.3. The summed E-state index contributed by atoms with van der Waals surface area (Å²) in [4.78, 5) is 73.7. The molecule has 328 valence electrons. The van der Waals surface area contributed by atoms with Crippen molar-refractivity contribution in [3.8, 4) is 46.8 Å². The Hall–Kier alpha value is -7.88. The van der Waals surface area contributed by atoms with Gasteiger partial charge in [0.2, 0.25) is 23.6 Å². The van der Waals surface area contributed by atoms with Crippen LogP contribution in [-0.2, 0) is 19.2 Å². The molecule has 2 aromatic heterocycles. The molecule has 2 aliphatic heterocycles. The number of aromatic nitrogens is 4. The third kappa shape index (κ3) is 9.07. The molecule has 0 unspecified atom stereocenters. The number of imidazole rings is 2. The monoisotopic (exact) mass is 872 g/mol. The zero-order valence-electron chi connectivity index (χ0n) is 36.3. The normalized spacial score (nSPS) is 18.5. The van der Waals surface area contributed by atoms with E-state index in [1.54, 1.807) is 6.20 Å². The van der Waals surface area contributed by atoms with E-state index >= 15 is 0 Å². The summed E-state index contributed by atoms with van der Waals surface area (Å²) in [6.07, 6.45) is 10.1. The molecule has 0 bridgehead atoms. The van der Waals surface area contributed by atoms with E-state index in [4.69, 9.17) is 4.98 Å². The second-order valence-electron chi connectivity index (χ2n) is 17.5. The van der Waals surface area contributed by atoms with Crippen molar-refractivity contribution in [3.05, 3.63) is 143 Å². The summed E-state index contributed by atoms with van der Waals surface area (Å²) in [6, 6.07) is 28.9. The van der Waals surface area contributed by atoms with Gasteiger partial charge in [-0.05, 0) is 109 Å². The highest BCUT2D eigenvalue weighted by Gasteiger charge is 2.41. The summed E-state index contributed by atoms with van der Waals surface area (Å²) in [5.74, 6) is 18.7. The Bertz CT molecular complexity index is 3010. The van der Waals surface area contributed by atoms with Crippen LogP contribution in [0.3, 0.4) is 0 Å². The van der Waals surface area contributed by atoms with Gasteiger partial charge in [0.15, 0.2) is 0 Å². The standard InChI is InChI=1S/C54H48N8O4/c63-51(38-27-28-38)59-47(36-16-6-3-7-17-36)53(65)61-31-13-25-45(61)49-55-33-40(57-49)21-10-2-1-5-15-35-20-11-23-42-41(35)22-12-24-43(42)44-34-56-50(58-44)46-26-14-32-62(46)54(66)48(37-18-8-4-9-19-37)60-52(64)39-29-30-39/h3-4,6-9,11-12,16-20,22-24,33-34,38-39,45-48H,13-14,25-32H2,(H,55,57)(H,56,58)(H,59,63)(H,60,64)/t45-,46-,47-,48-/m1/s1. The highest BCUT2D eigenvalue weighted by molar-refractivity contribution is 5.99. The lowest BCUT2D eigenvalue weighted by Gasteiger charge is -2.28. The first-order valence-electron chi connectivity index (χ1n) is 22.8. The average molecular weight is 873 g/mol. The molecule has 0 radical (unpaired) electrons. The Morgan fingerprint density at radius 2 is 1.09 bits per heavy atom. The number of carbonyl (C=O) groups excluding carboxylic acids is 4. The van der Waals surface area contributed by atoms with E-state index in [9.17, 15) is 19.2 Å². The molecule has 4 amide bonds. The van der Waals surface area contributed by atoms with Gasteiger partial charge in [0.1, 0.15) is 29.4 Å².